The highest BCUT2D eigenvalue weighted by Crippen LogP contribution is 2.14. The molecule has 0 saturated heterocycles. The monoisotopic (exact) mass is 344 g/mol. The lowest BCUT2D eigenvalue weighted by atomic mass is 10.2. The number of benzene rings is 2. The van der Waals surface area contributed by atoms with E-state index >= 15 is 0 Å². The molecule has 0 radical (unpaired) electrons. The van der Waals surface area contributed by atoms with Crippen molar-refractivity contribution in [2.45, 2.75) is 13.5 Å². The van der Waals surface area contributed by atoms with Crippen LogP contribution >= 0.6 is 11.6 Å². The molecular formula is C17H14ClFN4O. The first-order chi connectivity index (χ1) is 11.5. The molecule has 0 saturated carbocycles. The number of aromatic nitrogens is 3. The van der Waals surface area contributed by atoms with Crippen LogP contribution in [0.5, 0.6) is 0 Å². The summed E-state index contributed by atoms with van der Waals surface area (Å²) in [6.07, 6.45) is 0. The molecule has 0 aliphatic carbocycles. The molecule has 1 heterocycles. The average molecular weight is 345 g/mol. The Morgan fingerprint density at radius 2 is 2.00 bits per heavy atom. The Morgan fingerprint density at radius 1 is 1.21 bits per heavy atom. The highest BCUT2D eigenvalue weighted by Gasteiger charge is 2.16. The molecule has 122 valence electrons. The third-order valence-electron chi connectivity index (χ3n) is 3.43. The molecule has 0 unspecified atom stereocenters. The molecule has 5 nitrogen and oxygen atoms in total. The van der Waals surface area contributed by atoms with Gasteiger partial charge in [-0.3, -0.25) is 4.79 Å². The Bertz CT molecular complexity index is 894. The van der Waals surface area contributed by atoms with E-state index < -0.39 is 5.91 Å². The van der Waals surface area contributed by atoms with Crippen molar-refractivity contribution in [3.63, 3.8) is 0 Å². The molecule has 0 aliphatic heterocycles. The van der Waals surface area contributed by atoms with Crippen molar-refractivity contribution in [1.82, 2.24) is 20.3 Å². The second kappa shape index (κ2) is 6.80. The van der Waals surface area contributed by atoms with Gasteiger partial charge in [-0.25, -0.2) is 4.39 Å². The van der Waals surface area contributed by atoms with Gasteiger partial charge in [-0.1, -0.05) is 35.9 Å². The lowest BCUT2D eigenvalue weighted by Crippen LogP contribution is -2.24. The molecule has 0 bridgehead atoms. The minimum Gasteiger partial charge on any atom is -0.346 e. The maximum Gasteiger partial charge on any atom is 0.274 e. The summed E-state index contributed by atoms with van der Waals surface area (Å²) in [6.45, 7) is 1.76. The Labute approximate surface area is 143 Å². The number of rotatable bonds is 4. The van der Waals surface area contributed by atoms with Gasteiger partial charge in [-0.05, 0) is 31.2 Å². The molecule has 2 aromatic carbocycles. The van der Waals surface area contributed by atoms with Gasteiger partial charge in [0.05, 0.1) is 11.4 Å². The average Bonchev–Trinajstić information content (AvgIpc) is 2.96. The standard InChI is InChI=1S/C17H14ClFN4O/c1-11-16(17(24)20-10-12-5-2-3-8-15(12)19)22-23(21-11)14-7-4-6-13(18)9-14/h2-9H,10H2,1H3,(H,20,24). The van der Waals surface area contributed by atoms with E-state index in [0.717, 1.165) is 0 Å². The summed E-state index contributed by atoms with van der Waals surface area (Å²) >= 11 is 5.95. The van der Waals surface area contributed by atoms with Gasteiger partial charge in [0.15, 0.2) is 5.69 Å². The van der Waals surface area contributed by atoms with Crippen LogP contribution in [0.1, 0.15) is 21.7 Å². The zero-order valence-corrected chi connectivity index (χ0v) is 13.6. The van der Waals surface area contributed by atoms with E-state index in [2.05, 4.69) is 15.5 Å². The van der Waals surface area contributed by atoms with E-state index in [-0.39, 0.29) is 18.1 Å². The van der Waals surface area contributed by atoms with E-state index in [1.807, 2.05) is 0 Å². The minimum atomic E-state index is -0.413. The lowest BCUT2D eigenvalue weighted by molar-refractivity contribution is 0.0944. The molecule has 0 atom stereocenters. The first-order valence-corrected chi connectivity index (χ1v) is 7.64. The van der Waals surface area contributed by atoms with E-state index in [1.54, 1.807) is 49.4 Å². The Morgan fingerprint density at radius 3 is 2.75 bits per heavy atom. The zero-order valence-electron chi connectivity index (χ0n) is 12.8. The first-order valence-electron chi connectivity index (χ1n) is 7.26. The molecule has 1 amide bonds. The van der Waals surface area contributed by atoms with Gasteiger partial charge in [0, 0.05) is 17.1 Å². The number of aryl methyl sites for hydroxylation is 1. The van der Waals surface area contributed by atoms with Crippen molar-refractivity contribution in [3.05, 3.63) is 76.3 Å². The van der Waals surface area contributed by atoms with Crippen molar-refractivity contribution in [2.75, 3.05) is 0 Å². The number of carbonyl (C=O) groups excluding carboxylic acids is 1. The molecule has 3 aromatic rings. The quantitative estimate of drug-likeness (QED) is 0.790. The van der Waals surface area contributed by atoms with Crippen LogP contribution in [0, 0.1) is 12.7 Å². The highest BCUT2D eigenvalue weighted by atomic mass is 35.5. The molecule has 0 spiro atoms. The summed E-state index contributed by atoms with van der Waals surface area (Å²) in [5.74, 6) is -0.777. The molecule has 0 fully saturated rings. The van der Waals surface area contributed by atoms with Crippen molar-refractivity contribution >= 4 is 17.5 Å². The lowest BCUT2D eigenvalue weighted by Gasteiger charge is -2.04. The van der Waals surface area contributed by atoms with Crippen LogP contribution in [-0.2, 0) is 6.54 Å². The van der Waals surface area contributed by atoms with E-state index in [9.17, 15) is 9.18 Å². The predicted molar refractivity (Wildman–Crippen MR) is 88.7 cm³/mol. The van der Waals surface area contributed by atoms with Crippen molar-refractivity contribution < 1.29 is 9.18 Å². The van der Waals surface area contributed by atoms with Crippen LogP contribution < -0.4 is 5.32 Å². The smallest absolute Gasteiger partial charge is 0.274 e. The Balaban J connectivity index is 1.77. The van der Waals surface area contributed by atoms with E-state index in [4.69, 9.17) is 11.6 Å². The molecule has 1 aromatic heterocycles. The Hall–Kier alpha value is -2.73. The number of nitrogens with one attached hydrogen (secondary N) is 1. The van der Waals surface area contributed by atoms with E-state index in [1.165, 1.54) is 10.9 Å². The normalized spacial score (nSPS) is 10.6. The van der Waals surface area contributed by atoms with Gasteiger partial charge in [0.1, 0.15) is 5.82 Å². The summed E-state index contributed by atoms with van der Waals surface area (Å²) in [7, 11) is 0. The summed E-state index contributed by atoms with van der Waals surface area (Å²) in [5, 5.41) is 11.6. The number of hydrogen-bond acceptors (Lipinski definition) is 3. The van der Waals surface area contributed by atoms with Gasteiger partial charge < -0.3 is 5.32 Å². The fraction of sp³-hybridized carbons (Fsp3) is 0.118. The summed E-state index contributed by atoms with van der Waals surface area (Å²) in [5.41, 5.74) is 1.72. The third-order valence-corrected chi connectivity index (χ3v) is 3.67. The number of carbonyl (C=O) groups is 1. The summed E-state index contributed by atoms with van der Waals surface area (Å²) in [4.78, 5) is 13.6. The molecule has 3 rings (SSSR count). The molecule has 0 aliphatic rings. The maximum atomic E-state index is 13.6. The van der Waals surface area contributed by atoms with Crippen LogP contribution in [0.2, 0.25) is 5.02 Å². The van der Waals surface area contributed by atoms with Crippen LogP contribution in [0.4, 0.5) is 4.39 Å². The van der Waals surface area contributed by atoms with Gasteiger partial charge >= 0.3 is 0 Å². The highest BCUT2D eigenvalue weighted by molar-refractivity contribution is 6.30. The van der Waals surface area contributed by atoms with Gasteiger partial charge in [-0.2, -0.15) is 9.90 Å². The molecular weight excluding hydrogens is 331 g/mol. The largest absolute Gasteiger partial charge is 0.346 e. The van der Waals surface area contributed by atoms with Crippen LogP contribution in [0.25, 0.3) is 5.69 Å². The van der Waals surface area contributed by atoms with Crippen molar-refractivity contribution in [2.24, 2.45) is 0 Å². The number of amides is 1. The second-order valence-electron chi connectivity index (χ2n) is 5.18. The molecule has 1 N–H and O–H groups in total. The second-order valence-corrected chi connectivity index (χ2v) is 5.61. The number of halogens is 2. The first kappa shape index (κ1) is 16.1. The van der Waals surface area contributed by atoms with Crippen molar-refractivity contribution in [3.8, 4) is 5.69 Å². The third kappa shape index (κ3) is 3.44. The topological polar surface area (TPSA) is 59.8 Å². The van der Waals surface area contributed by atoms with Crippen LogP contribution in [-0.4, -0.2) is 20.9 Å². The minimum absolute atomic E-state index is 0.0783. The summed E-state index contributed by atoms with van der Waals surface area (Å²) < 4.78 is 13.6. The van der Waals surface area contributed by atoms with Gasteiger partial charge in [0.2, 0.25) is 0 Å². The molecule has 24 heavy (non-hydrogen) atoms. The maximum absolute atomic E-state index is 13.6. The number of hydrogen-bond donors (Lipinski definition) is 1. The number of nitrogens with zero attached hydrogens (tertiary/aromatic N) is 3. The van der Waals surface area contributed by atoms with E-state index in [0.29, 0.717) is 22.0 Å². The summed E-state index contributed by atoms with van der Waals surface area (Å²) in [6, 6.07) is 13.3. The SMILES string of the molecule is Cc1nn(-c2cccc(Cl)c2)nc1C(=O)NCc1ccccc1F. The van der Waals surface area contributed by atoms with Gasteiger partial charge in [0.25, 0.3) is 5.91 Å². The zero-order chi connectivity index (χ0) is 17.1. The Kier molecular flexibility index (Phi) is 4.57. The fourth-order valence-corrected chi connectivity index (χ4v) is 2.39. The fourth-order valence-electron chi connectivity index (χ4n) is 2.21. The van der Waals surface area contributed by atoms with Crippen LogP contribution in [0.3, 0.4) is 0 Å². The molecule has 7 heteroatoms. The van der Waals surface area contributed by atoms with Gasteiger partial charge in [-0.15, -0.1) is 5.10 Å². The van der Waals surface area contributed by atoms with Crippen molar-refractivity contribution in [1.29, 1.82) is 0 Å². The van der Waals surface area contributed by atoms with Crippen LogP contribution in [0.15, 0.2) is 48.5 Å². The predicted octanol–water partition coefficient (Wildman–Crippen LogP) is 3.30.